The number of nitrogens with one attached hydrogen (secondary N) is 2. The molecule has 0 aliphatic carbocycles. The molecule has 1 saturated heterocycles. The van der Waals surface area contributed by atoms with Crippen molar-refractivity contribution in [3.63, 3.8) is 0 Å². The molecule has 3 N–H and O–H groups in total. The molecule has 1 aromatic carbocycles. The SMILES string of the molecule is CCNC(=O)C1CNCCN1Cc1ccc(O)cc1. The van der Waals surface area contributed by atoms with Crippen molar-refractivity contribution in [2.45, 2.75) is 19.5 Å². The summed E-state index contributed by atoms with van der Waals surface area (Å²) < 4.78 is 0. The van der Waals surface area contributed by atoms with Crippen LogP contribution in [0.3, 0.4) is 0 Å². The fourth-order valence-electron chi connectivity index (χ4n) is 2.32. The number of piperazine rings is 1. The fraction of sp³-hybridized carbons (Fsp3) is 0.500. The molecule has 1 atom stereocenters. The van der Waals surface area contributed by atoms with E-state index < -0.39 is 0 Å². The van der Waals surface area contributed by atoms with Gasteiger partial charge in [0.15, 0.2) is 0 Å². The highest BCUT2D eigenvalue weighted by molar-refractivity contribution is 5.82. The van der Waals surface area contributed by atoms with E-state index >= 15 is 0 Å². The van der Waals surface area contributed by atoms with Crippen LogP contribution in [0.4, 0.5) is 0 Å². The number of hydrogen-bond acceptors (Lipinski definition) is 4. The van der Waals surface area contributed by atoms with Crippen molar-refractivity contribution >= 4 is 5.91 Å². The summed E-state index contributed by atoms with van der Waals surface area (Å²) in [7, 11) is 0. The quantitative estimate of drug-likeness (QED) is 0.731. The van der Waals surface area contributed by atoms with Crippen molar-refractivity contribution in [3.8, 4) is 5.75 Å². The van der Waals surface area contributed by atoms with Gasteiger partial charge >= 0.3 is 0 Å². The number of likely N-dealkylation sites (N-methyl/N-ethyl adjacent to an activating group) is 1. The van der Waals surface area contributed by atoms with Crippen molar-refractivity contribution in [1.29, 1.82) is 0 Å². The Balaban J connectivity index is 2.03. The molecule has 0 radical (unpaired) electrons. The molecule has 2 rings (SSSR count). The maximum Gasteiger partial charge on any atom is 0.238 e. The zero-order chi connectivity index (χ0) is 13.7. The molecule has 1 amide bonds. The Hall–Kier alpha value is -1.59. The summed E-state index contributed by atoms with van der Waals surface area (Å²) in [6.45, 7) is 5.74. The van der Waals surface area contributed by atoms with Crippen LogP contribution in [0, 0.1) is 0 Å². The number of carbonyl (C=O) groups is 1. The minimum Gasteiger partial charge on any atom is -0.508 e. The van der Waals surface area contributed by atoms with Gasteiger partial charge in [-0.3, -0.25) is 9.69 Å². The average Bonchev–Trinajstić information content (AvgIpc) is 2.42. The lowest BCUT2D eigenvalue weighted by molar-refractivity contribution is -0.127. The Morgan fingerprint density at radius 1 is 1.47 bits per heavy atom. The molecule has 5 nitrogen and oxygen atoms in total. The Morgan fingerprint density at radius 3 is 2.89 bits per heavy atom. The Kier molecular flexibility index (Phi) is 4.76. The van der Waals surface area contributed by atoms with E-state index in [-0.39, 0.29) is 17.7 Å². The molecule has 0 spiro atoms. The highest BCUT2D eigenvalue weighted by Gasteiger charge is 2.27. The summed E-state index contributed by atoms with van der Waals surface area (Å²) in [6, 6.07) is 7.03. The highest BCUT2D eigenvalue weighted by Crippen LogP contribution is 2.14. The van der Waals surface area contributed by atoms with E-state index in [4.69, 9.17) is 0 Å². The van der Waals surface area contributed by atoms with Gasteiger partial charge in [-0.15, -0.1) is 0 Å². The normalized spacial score (nSPS) is 20.2. The lowest BCUT2D eigenvalue weighted by Gasteiger charge is -2.35. The van der Waals surface area contributed by atoms with Gasteiger partial charge in [-0.25, -0.2) is 0 Å². The molecule has 1 fully saturated rings. The molecule has 19 heavy (non-hydrogen) atoms. The summed E-state index contributed by atoms with van der Waals surface area (Å²) in [5.41, 5.74) is 1.11. The Bertz CT molecular complexity index is 419. The number of rotatable bonds is 4. The van der Waals surface area contributed by atoms with Crippen molar-refractivity contribution in [1.82, 2.24) is 15.5 Å². The predicted octanol–water partition coefficient (Wildman–Crippen LogP) is 0.302. The van der Waals surface area contributed by atoms with Crippen LogP contribution >= 0.6 is 0 Å². The molecule has 1 aliphatic rings. The maximum atomic E-state index is 12.0. The predicted molar refractivity (Wildman–Crippen MR) is 73.9 cm³/mol. The number of phenolic OH excluding ortho intramolecular Hbond substituents is 1. The molecular weight excluding hydrogens is 242 g/mol. The molecule has 1 aliphatic heterocycles. The van der Waals surface area contributed by atoms with Crippen molar-refractivity contribution in [2.75, 3.05) is 26.2 Å². The van der Waals surface area contributed by atoms with E-state index in [1.54, 1.807) is 12.1 Å². The van der Waals surface area contributed by atoms with E-state index in [1.165, 1.54) is 0 Å². The number of amides is 1. The van der Waals surface area contributed by atoms with Gasteiger partial charge in [-0.2, -0.15) is 0 Å². The van der Waals surface area contributed by atoms with Gasteiger partial charge in [0, 0.05) is 32.7 Å². The number of benzene rings is 1. The second kappa shape index (κ2) is 6.54. The molecule has 0 saturated carbocycles. The van der Waals surface area contributed by atoms with Gasteiger partial charge in [0.25, 0.3) is 0 Å². The topological polar surface area (TPSA) is 64.6 Å². The lowest BCUT2D eigenvalue weighted by atomic mass is 10.1. The van der Waals surface area contributed by atoms with Gasteiger partial charge in [0.2, 0.25) is 5.91 Å². The number of phenols is 1. The van der Waals surface area contributed by atoms with Crippen molar-refractivity contribution < 1.29 is 9.90 Å². The monoisotopic (exact) mass is 263 g/mol. The zero-order valence-corrected chi connectivity index (χ0v) is 11.2. The van der Waals surface area contributed by atoms with E-state index in [9.17, 15) is 9.90 Å². The van der Waals surface area contributed by atoms with Crippen molar-refractivity contribution in [3.05, 3.63) is 29.8 Å². The number of hydrogen-bond donors (Lipinski definition) is 3. The smallest absolute Gasteiger partial charge is 0.238 e. The van der Waals surface area contributed by atoms with Crippen LogP contribution in [-0.4, -0.2) is 48.1 Å². The molecule has 5 heteroatoms. The van der Waals surface area contributed by atoms with Crippen LogP contribution in [0.5, 0.6) is 5.75 Å². The first-order valence-corrected chi connectivity index (χ1v) is 6.71. The highest BCUT2D eigenvalue weighted by atomic mass is 16.3. The number of carbonyl (C=O) groups excluding carboxylic acids is 1. The van der Waals surface area contributed by atoms with E-state index in [2.05, 4.69) is 15.5 Å². The van der Waals surface area contributed by atoms with E-state index in [0.717, 1.165) is 25.2 Å². The molecule has 1 unspecified atom stereocenters. The minimum atomic E-state index is -0.123. The third kappa shape index (κ3) is 3.68. The van der Waals surface area contributed by atoms with Crippen LogP contribution < -0.4 is 10.6 Å². The summed E-state index contributed by atoms with van der Waals surface area (Å²) in [5.74, 6) is 0.345. The fourth-order valence-corrected chi connectivity index (χ4v) is 2.32. The minimum absolute atomic E-state index is 0.0773. The Labute approximate surface area is 113 Å². The van der Waals surface area contributed by atoms with Crippen LogP contribution in [-0.2, 0) is 11.3 Å². The maximum absolute atomic E-state index is 12.0. The molecular formula is C14H21N3O2. The first kappa shape index (κ1) is 13.8. The third-order valence-corrected chi connectivity index (χ3v) is 3.33. The average molecular weight is 263 g/mol. The first-order chi connectivity index (χ1) is 9.20. The van der Waals surface area contributed by atoms with Crippen LogP contribution in [0.25, 0.3) is 0 Å². The van der Waals surface area contributed by atoms with E-state index in [0.29, 0.717) is 13.1 Å². The van der Waals surface area contributed by atoms with Crippen molar-refractivity contribution in [2.24, 2.45) is 0 Å². The Morgan fingerprint density at radius 2 is 2.21 bits per heavy atom. The molecule has 0 bridgehead atoms. The number of aromatic hydroxyl groups is 1. The molecule has 1 aromatic rings. The lowest BCUT2D eigenvalue weighted by Crippen LogP contribution is -2.57. The van der Waals surface area contributed by atoms with Gasteiger partial charge in [0.1, 0.15) is 11.8 Å². The third-order valence-electron chi connectivity index (χ3n) is 3.33. The standard InChI is InChI=1S/C14H21N3O2/c1-2-16-14(19)13-9-15-7-8-17(13)10-11-3-5-12(18)6-4-11/h3-6,13,15,18H,2,7-10H2,1H3,(H,16,19). The summed E-state index contributed by atoms with van der Waals surface area (Å²) in [4.78, 5) is 14.2. The summed E-state index contributed by atoms with van der Waals surface area (Å²) >= 11 is 0. The summed E-state index contributed by atoms with van der Waals surface area (Å²) in [5, 5.41) is 15.4. The second-order valence-electron chi connectivity index (χ2n) is 4.75. The molecule has 0 aromatic heterocycles. The van der Waals surface area contributed by atoms with Crippen LogP contribution in [0.2, 0.25) is 0 Å². The van der Waals surface area contributed by atoms with E-state index in [1.807, 2.05) is 19.1 Å². The van der Waals surface area contributed by atoms with Gasteiger partial charge in [-0.1, -0.05) is 12.1 Å². The largest absolute Gasteiger partial charge is 0.508 e. The second-order valence-corrected chi connectivity index (χ2v) is 4.75. The van der Waals surface area contributed by atoms with Gasteiger partial charge in [-0.05, 0) is 24.6 Å². The van der Waals surface area contributed by atoms with Gasteiger partial charge < -0.3 is 15.7 Å². The molecule has 1 heterocycles. The number of nitrogens with zero attached hydrogens (tertiary/aromatic N) is 1. The molecule has 104 valence electrons. The summed E-state index contributed by atoms with van der Waals surface area (Å²) in [6.07, 6.45) is 0. The van der Waals surface area contributed by atoms with Crippen LogP contribution in [0.15, 0.2) is 24.3 Å². The zero-order valence-electron chi connectivity index (χ0n) is 11.2. The first-order valence-electron chi connectivity index (χ1n) is 6.71. The van der Waals surface area contributed by atoms with Gasteiger partial charge in [0.05, 0.1) is 0 Å². The van der Waals surface area contributed by atoms with Crippen LogP contribution in [0.1, 0.15) is 12.5 Å².